The maximum Gasteiger partial charge on any atom is 0.199 e. The van der Waals surface area contributed by atoms with Crippen molar-refractivity contribution in [3.05, 3.63) is 76.7 Å². The highest BCUT2D eigenvalue weighted by atomic mass is 19.1. The van der Waals surface area contributed by atoms with Crippen LogP contribution in [0.3, 0.4) is 0 Å². The van der Waals surface area contributed by atoms with Gasteiger partial charge in [0.15, 0.2) is 11.6 Å². The molecule has 0 bridgehead atoms. The van der Waals surface area contributed by atoms with E-state index in [1.165, 1.54) is 6.07 Å². The molecule has 1 saturated heterocycles. The Morgan fingerprint density at radius 1 is 0.846 bits per heavy atom. The summed E-state index contributed by atoms with van der Waals surface area (Å²) in [6, 6.07) is 13.7. The average molecular weight is 350 g/mol. The van der Waals surface area contributed by atoms with Gasteiger partial charge in [0.1, 0.15) is 5.82 Å². The number of nitrogens with zero attached hydrogens (tertiary/aromatic N) is 2. The molecule has 2 aromatic rings. The van der Waals surface area contributed by atoms with Crippen LogP contribution in [-0.4, -0.2) is 42.6 Å². The fraction of sp³-hybridized carbons (Fsp3) is 0.238. The zero-order valence-corrected chi connectivity index (χ0v) is 14.5. The Kier molecular flexibility index (Phi) is 4.07. The Hall–Kier alpha value is -2.95. The fourth-order valence-corrected chi connectivity index (χ4v) is 3.73. The van der Waals surface area contributed by atoms with Gasteiger partial charge in [0.05, 0.1) is 11.3 Å². The Labute approximate surface area is 151 Å². The number of para-hydroxylation sites is 1. The summed E-state index contributed by atoms with van der Waals surface area (Å²) in [4.78, 5) is 29.4. The first-order chi connectivity index (χ1) is 12.6. The van der Waals surface area contributed by atoms with E-state index in [1.54, 1.807) is 36.4 Å². The van der Waals surface area contributed by atoms with Gasteiger partial charge in [-0.25, -0.2) is 4.39 Å². The molecule has 0 N–H and O–H groups in total. The predicted octanol–water partition coefficient (Wildman–Crippen LogP) is 3.30. The molecule has 0 amide bonds. The molecule has 0 aromatic heterocycles. The minimum atomic E-state index is -0.229. The standard InChI is InChI=1S/C21H19FN2O2/c1-14(19-20(25)15-6-2-3-7-16(15)21(19)26)23-10-12-24(13-11-23)18-9-5-4-8-17(18)22/h2-9H,10-13H2,1H3. The second kappa shape index (κ2) is 6.41. The number of halogens is 1. The lowest BCUT2D eigenvalue weighted by atomic mass is 10.1. The van der Waals surface area contributed by atoms with Crippen molar-refractivity contribution in [2.45, 2.75) is 6.92 Å². The Morgan fingerprint density at radius 2 is 1.38 bits per heavy atom. The van der Waals surface area contributed by atoms with Crippen molar-refractivity contribution >= 4 is 17.3 Å². The number of carbonyl (C=O) groups excluding carboxylic acids is 2. The molecule has 1 aliphatic carbocycles. The highest BCUT2D eigenvalue weighted by Gasteiger charge is 2.36. The molecule has 5 heteroatoms. The Bertz CT molecular complexity index is 890. The van der Waals surface area contributed by atoms with E-state index >= 15 is 0 Å². The lowest BCUT2D eigenvalue weighted by molar-refractivity contribution is 0.0982. The predicted molar refractivity (Wildman–Crippen MR) is 98.0 cm³/mol. The molecular weight excluding hydrogens is 331 g/mol. The summed E-state index contributed by atoms with van der Waals surface area (Å²) in [5, 5.41) is 0. The van der Waals surface area contributed by atoms with Crippen molar-refractivity contribution < 1.29 is 14.0 Å². The lowest BCUT2D eigenvalue weighted by Gasteiger charge is -2.38. The van der Waals surface area contributed by atoms with Gasteiger partial charge in [-0.15, -0.1) is 0 Å². The number of rotatable bonds is 2. The summed E-state index contributed by atoms with van der Waals surface area (Å²) in [6.45, 7) is 4.39. The Balaban J connectivity index is 1.55. The van der Waals surface area contributed by atoms with Crippen LogP contribution in [0, 0.1) is 5.82 Å². The summed E-state index contributed by atoms with van der Waals surface area (Å²) >= 11 is 0. The zero-order chi connectivity index (χ0) is 18.3. The molecule has 2 aromatic carbocycles. The zero-order valence-electron chi connectivity index (χ0n) is 14.5. The van der Waals surface area contributed by atoms with E-state index < -0.39 is 0 Å². The summed E-state index contributed by atoms with van der Waals surface area (Å²) in [7, 11) is 0. The van der Waals surface area contributed by atoms with Gasteiger partial charge in [-0.2, -0.15) is 0 Å². The highest BCUT2D eigenvalue weighted by Crippen LogP contribution is 2.30. The monoisotopic (exact) mass is 350 g/mol. The van der Waals surface area contributed by atoms with Gasteiger partial charge in [-0.1, -0.05) is 36.4 Å². The maximum absolute atomic E-state index is 14.0. The summed E-state index contributed by atoms with van der Waals surface area (Å²) in [5.41, 5.74) is 2.54. The van der Waals surface area contributed by atoms with Gasteiger partial charge in [0.25, 0.3) is 0 Å². The van der Waals surface area contributed by atoms with Crippen molar-refractivity contribution in [2.75, 3.05) is 31.1 Å². The first kappa shape index (κ1) is 16.5. The maximum atomic E-state index is 14.0. The largest absolute Gasteiger partial charge is 0.371 e. The van der Waals surface area contributed by atoms with Crippen LogP contribution in [0.4, 0.5) is 10.1 Å². The van der Waals surface area contributed by atoms with E-state index in [4.69, 9.17) is 0 Å². The molecular formula is C21H19FN2O2. The third-order valence-electron chi connectivity index (χ3n) is 5.18. The third kappa shape index (κ3) is 2.60. The van der Waals surface area contributed by atoms with Crippen LogP contribution in [-0.2, 0) is 0 Å². The van der Waals surface area contributed by atoms with Crippen molar-refractivity contribution in [1.82, 2.24) is 4.90 Å². The lowest BCUT2D eigenvalue weighted by Crippen LogP contribution is -2.46. The minimum absolute atomic E-state index is 0.195. The second-order valence-corrected chi connectivity index (χ2v) is 6.59. The van der Waals surface area contributed by atoms with E-state index in [9.17, 15) is 14.0 Å². The van der Waals surface area contributed by atoms with Crippen LogP contribution < -0.4 is 4.90 Å². The molecule has 0 saturated carbocycles. The number of hydrogen-bond donors (Lipinski definition) is 0. The number of allylic oxidation sites excluding steroid dienone is 2. The highest BCUT2D eigenvalue weighted by molar-refractivity contribution is 6.39. The van der Waals surface area contributed by atoms with Crippen molar-refractivity contribution in [3.8, 4) is 0 Å². The Morgan fingerprint density at radius 3 is 1.96 bits per heavy atom. The van der Waals surface area contributed by atoms with E-state index in [1.807, 2.05) is 22.8 Å². The molecule has 26 heavy (non-hydrogen) atoms. The summed E-state index contributed by atoms with van der Waals surface area (Å²) < 4.78 is 14.0. The van der Waals surface area contributed by atoms with Crippen LogP contribution in [0.5, 0.6) is 0 Å². The SMILES string of the molecule is CC(=C1C(=O)c2ccccc2C1=O)N1CCN(c2ccccc2F)CC1. The van der Waals surface area contributed by atoms with E-state index in [2.05, 4.69) is 0 Å². The van der Waals surface area contributed by atoms with Gasteiger partial charge in [-0.3, -0.25) is 9.59 Å². The number of piperazine rings is 1. The molecule has 1 fully saturated rings. The fourth-order valence-electron chi connectivity index (χ4n) is 3.73. The summed E-state index contributed by atoms with van der Waals surface area (Å²) in [6.07, 6.45) is 0. The molecule has 1 heterocycles. The molecule has 2 aliphatic rings. The number of anilines is 1. The average Bonchev–Trinajstić information content (AvgIpc) is 2.93. The van der Waals surface area contributed by atoms with E-state index in [0.29, 0.717) is 48.7 Å². The van der Waals surface area contributed by atoms with Crippen LogP contribution in [0.1, 0.15) is 27.6 Å². The van der Waals surface area contributed by atoms with Gasteiger partial charge in [-0.05, 0) is 19.1 Å². The topological polar surface area (TPSA) is 40.6 Å². The number of Topliss-reactive ketones (excluding diaryl/α,β-unsaturated/α-hetero) is 2. The molecule has 0 unspecified atom stereocenters. The first-order valence-corrected chi connectivity index (χ1v) is 8.71. The second-order valence-electron chi connectivity index (χ2n) is 6.59. The van der Waals surface area contributed by atoms with Crippen molar-refractivity contribution in [1.29, 1.82) is 0 Å². The van der Waals surface area contributed by atoms with Gasteiger partial charge < -0.3 is 9.80 Å². The first-order valence-electron chi connectivity index (χ1n) is 8.71. The van der Waals surface area contributed by atoms with Crippen molar-refractivity contribution in [2.24, 2.45) is 0 Å². The summed E-state index contributed by atoms with van der Waals surface area (Å²) in [5.74, 6) is -0.619. The third-order valence-corrected chi connectivity index (χ3v) is 5.18. The molecule has 132 valence electrons. The van der Waals surface area contributed by atoms with Crippen LogP contribution in [0.25, 0.3) is 0 Å². The van der Waals surface area contributed by atoms with Gasteiger partial charge >= 0.3 is 0 Å². The molecule has 4 nitrogen and oxygen atoms in total. The molecule has 4 rings (SSSR count). The minimum Gasteiger partial charge on any atom is -0.371 e. The number of carbonyl (C=O) groups is 2. The number of fused-ring (bicyclic) bond motifs is 1. The van der Waals surface area contributed by atoms with Crippen molar-refractivity contribution in [3.63, 3.8) is 0 Å². The smallest absolute Gasteiger partial charge is 0.199 e. The van der Waals surface area contributed by atoms with Gasteiger partial charge in [0, 0.05) is 43.0 Å². The number of hydrogen-bond acceptors (Lipinski definition) is 4. The van der Waals surface area contributed by atoms with Crippen LogP contribution in [0.2, 0.25) is 0 Å². The quantitative estimate of drug-likeness (QED) is 0.616. The molecule has 0 radical (unpaired) electrons. The van der Waals surface area contributed by atoms with E-state index in [-0.39, 0.29) is 23.0 Å². The van der Waals surface area contributed by atoms with E-state index in [0.717, 1.165) is 0 Å². The van der Waals surface area contributed by atoms with Gasteiger partial charge in [0.2, 0.25) is 0 Å². The number of ketones is 2. The molecule has 1 aliphatic heterocycles. The molecule has 0 spiro atoms. The van der Waals surface area contributed by atoms with Crippen LogP contribution in [0.15, 0.2) is 59.8 Å². The number of benzene rings is 2. The molecule has 0 atom stereocenters. The normalized spacial score (nSPS) is 16.9. The van der Waals surface area contributed by atoms with Crippen LogP contribution >= 0.6 is 0 Å².